The summed E-state index contributed by atoms with van der Waals surface area (Å²) in [5.74, 6) is 0.951. The van der Waals surface area contributed by atoms with Gasteiger partial charge in [-0.3, -0.25) is 0 Å². The number of hydrogen-bond donors (Lipinski definition) is 0. The molecule has 0 fully saturated rings. The molecule has 0 spiro atoms. The zero-order valence-corrected chi connectivity index (χ0v) is 18.6. The maximum atomic E-state index is 6.36. The normalized spacial score (nSPS) is 12.3. The average molecular weight is 415 g/mol. The van der Waals surface area contributed by atoms with E-state index in [2.05, 4.69) is 92.7 Å². The van der Waals surface area contributed by atoms with Gasteiger partial charge in [-0.2, -0.15) is 0 Å². The highest BCUT2D eigenvalue weighted by molar-refractivity contribution is 6.26. The average Bonchev–Trinajstić information content (AvgIpc) is 3.27. The first-order valence-corrected chi connectivity index (χ1v) is 11.6. The lowest BCUT2D eigenvalue weighted by molar-refractivity contribution is 0.632. The van der Waals surface area contributed by atoms with E-state index in [-0.39, 0.29) is 0 Å². The molecule has 0 saturated carbocycles. The van der Waals surface area contributed by atoms with Crippen molar-refractivity contribution in [2.45, 2.75) is 33.1 Å². The highest BCUT2D eigenvalue weighted by Gasteiger charge is 2.18. The molecule has 0 radical (unpaired) electrons. The van der Waals surface area contributed by atoms with Gasteiger partial charge in [0.15, 0.2) is 0 Å². The monoisotopic (exact) mass is 414 g/mol. The summed E-state index contributed by atoms with van der Waals surface area (Å²) in [5.41, 5.74) is 4.94. The Bertz CT molecular complexity index is 1580. The van der Waals surface area contributed by atoms with Crippen LogP contribution < -0.4 is 0 Å². The minimum atomic E-state index is 0.942. The first-order chi connectivity index (χ1) is 15.8. The number of benzene rings is 5. The molecule has 0 N–H and O–H groups in total. The van der Waals surface area contributed by atoms with Crippen LogP contribution in [0.15, 0.2) is 89.4 Å². The van der Waals surface area contributed by atoms with Crippen molar-refractivity contribution >= 4 is 43.3 Å². The van der Waals surface area contributed by atoms with Crippen LogP contribution in [0.2, 0.25) is 0 Å². The van der Waals surface area contributed by atoms with Crippen LogP contribution in [-0.4, -0.2) is 0 Å². The zero-order valence-electron chi connectivity index (χ0n) is 18.6. The Morgan fingerprint density at radius 2 is 1.53 bits per heavy atom. The standard InChI is InChI=1S/C31H26O/c1-3-5-6-9-22-18-27(29-19-23-10-7-8-11-28(23)32-29)26-15-14-21-13-12-20(4-2)24-16-17-25(22)31(26)30(21)24/h3,5,7-8,10-19H,4,6,9H2,1-2H3/b5-3-. The molecule has 0 bridgehead atoms. The molecule has 0 aliphatic carbocycles. The second kappa shape index (κ2) is 7.53. The van der Waals surface area contributed by atoms with Crippen molar-refractivity contribution in [3.05, 3.63) is 96.1 Å². The quantitative estimate of drug-likeness (QED) is 0.202. The maximum Gasteiger partial charge on any atom is 0.136 e. The highest BCUT2D eigenvalue weighted by Crippen LogP contribution is 2.43. The molecule has 156 valence electrons. The molecule has 32 heavy (non-hydrogen) atoms. The molecular weight excluding hydrogens is 388 g/mol. The number of aryl methyl sites for hydroxylation is 2. The van der Waals surface area contributed by atoms with Crippen molar-refractivity contribution in [2.75, 3.05) is 0 Å². The molecule has 1 aromatic heterocycles. The Morgan fingerprint density at radius 3 is 2.34 bits per heavy atom. The summed E-state index contributed by atoms with van der Waals surface area (Å²) in [6.07, 6.45) is 7.50. The molecule has 1 heterocycles. The molecule has 1 nitrogen and oxygen atoms in total. The second-order valence-electron chi connectivity index (χ2n) is 8.66. The number of rotatable bonds is 5. The summed E-state index contributed by atoms with van der Waals surface area (Å²) in [6.45, 7) is 4.34. The van der Waals surface area contributed by atoms with Gasteiger partial charge in [0.2, 0.25) is 0 Å². The Balaban J connectivity index is 1.73. The summed E-state index contributed by atoms with van der Waals surface area (Å²) in [7, 11) is 0. The number of allylic oxidation sites excluding steroid dienone is 2. The third kappa shape index (κ3) is 2.85. The third-order valence-corrected chi connectivity index (χ3v) is 6.85. The van der Waals surface area contributed by atoms with E-state index >= 15 is 0 Å². The van der Waals surface area contributed by atoms with Gasteiger partial charge < -0.3 is 4.42 Å². The van der Waals surface area contributed by atoms with Crippen LogP contribution in [0.3, 0.4) is 0 Å². The van der Waals surface area contributed by atoms with E-state index in [1.807, 2.05) is 6.07 Å². The predicted molar refractivity (Wildman–Crippen MR) is 138 cm³/mol. The fourth-order valence-corrected chi connectivity index (χ4v) is 5.27. The molecule has 0 unspecified atom stereocenters. The van der Waals surface area contributed by atoms with E-state index in [1.54, 1.807) is 0 Å². The van der Waals surface area contributed by atoms with Gasteiger partial charge in [0, 0.05) is 10.9 Å². The van der Waals surface area contributed by atoms with Gasteiger partial charge >= 0.3 is 0 Å². The number of furan rings is 1. The maximum absolute atomic E-state index is 6.36. The summed E-state index contributed by atoms with van der Waals surface area (Å²) in [5, 5.41) is 9.27. The van der Waals surface area contributed by atoms with Gasteiger partial charge in [-0.05, 0) is 87.8 Å². The molecule has 6 aromatic rings. The lowest BCUT2D eigenvalue weighted by Gasteiger charge is -2.18. The summed E-state index contributed by atoms with van der Waals surface area (Å²) < 4.78 is 6.36. The number of hydrogen-bond acceptors (Lipinski definition) is 1. The molecule has 0 saturated heterocycles. The lowest BCUT2D eigenvalue weighted by Crippen LogP contribution is -1.94. The molecule has 0 aliphatic heterocycles. The Labute approximate surface area is 188 Å². The Morgan fingerprint density at radius 1 is 0.750 bits per heavy atom. The molecule has 0 atom stereocenters. The van der Waals surface area contributed by atoms with Crippen molar-refractivity contribution in [3.8, 4) is 11.3 Å². The van der Waals surface area contributed by atoms with Crippen molar-refractivity contribution < 1.29 is 4.42 Å². The van der Waals surface area contributed by atoms with Gasteiger partial charge in [-0.25, -0.2) is 0 Å². The fourth-order valence-electron chi connectivity index (χ4n) is 5.27. The van der Waals surface area contributed by atoms with Gasteiger partial charge in [0.25, 0.3) is 0 Å². The molecule has 0 aliphatic rings. The highest BCUT2D eigenvalue weighted by atomic mass is 16.3. The molecular formula is C31H26O. The van der Waals surface area contributed by atoms with Crippen molar-refractivity contribution in [1.29, 1.82) is 0 Å². The van der Waals surface area contributed by atoms with Crippen LogP contribution in [0.1, 0.15) is 31.4 Å². The molecule has 5 aromatic carbocycles. The van der Waals surface area contributed by atoms with E-state index in [9.17, 15) is 0 Å². The van der Waals surface area contributed by atoms with E-state index in [0.29, 0.717) is 0 Å². The Kier molecular flexibility index (Phi) is 4.50. The molecule has 6 rings (SSSR count). The molecule has 1 heteroatoms. The van der Waals surface area contributed by atoms with Crippen LogP contribution in [0, 0.1) is 0 Å². The number of fused-ring (bicyclic) bond motifs is 1. The minimum absolute atomic E-state index is 0.942. The smallest absolute Gasteiger partial charge is 0.136 e. The lowest BCUT2D eigenvalue weighted by atomic mass is 9.86. The van der Waals surface area contributed by atoms with E-state index in [1.165, 1.54) is 49.0 Å². The Hall–Kier alpha value is -3.58. The fraction of sp³-hybridized carbons (Fsp3) is 0.161. The van der Waals surface area contributed by atoms with E-state index in [4.69, 9.17) is 4.42 Å². The van der Waals surface area contributed by atoms with Gasteiger partial charge in [-0.15, -0.1) is 0 Å². The minimum Gasteiger partial charge on any atom is -0.456 e. The number of para-hydroxylation sites is 1. The summed E-state index contributed by atoms with van der Waals surface area (Å²) in [4.78, 5) is 0. The summed E-state index contributed by atoms with van der Waals surface area (Å²) >= 11 is 0. The van der Waals surface area contributed by atoms with Gasteiger partial charge in [0.05, 0.1) is 0 Å². The SMILES string of the molecule is C/C=C\CCc1cc(-c2cc3ccccc3o2)c2ccc3ccc(CC)c4ccc1c2c34. The first kappa shape index (κ1) is 19.1. The molecule has 0 amide bonds. The predicted octanol–water partition coefficient (Wildman–Crippen LogP) is 9.07. The van der Waals surface area contributed by atoms with E-state index in [0.717, 1.165) is 36.0 Å². The van der Waals surface area contributed by atoms with Crippen LogP contribution >= 0.6 is 0 Å². The van der Waals surface area contributed by atoms with Gasteiger partial charge in [0.1, 0.15) is 11.3 Å². The topological polar surface area (TPSA) is 13.1 Å². The first-order valence-electron chi connectivity index (χ1n) is 11.6. The van der Waals surface area contributed by atoms with Crippen molar-refractivity contribution in [1.82, 2.24) is 0 Å². The van der Waals surface area contributed by atoms with Crippen LogP contribution in [0.5, 0.6) is 0 Å². The van der Waals surface area contributed by atoms with Gasteiger partial charge in [-0.1, -0.05) is 73.7 Å². The third-order valence-electron chi connectivity index (χ3n) is 6.85. The van der Waals surface area contributed by atoms with Crippen LogP contribution in [-0.2, 0) is 12.8 Å². The largest absolute Gasteiger partial charge is 0.456 e. The summed E-state index contributed by atoms with van der Waals surface area (Å²) in [6, 6.07) is 26.6. The second-order valence-corrected chi connectivity index (χ2v) is 8.66. The van der Waals surface area contributed by atoms with Crippen LogP contribution in [0.4, 0.5) is 0 Å². The van der Waals surface area contributed by atoms with Crippen molar-refractivity contribution in [3.63, 3.8) is 0 Å². The van der Waals surface area contributed by atoms with Crippen LogP contribution in [0.25, 0.3) is 54.6 Å². The van der Waals surface area contributed by atoms with Crippen molar-refractivity contribution in [2.24, 2.45) is 0 Å². The zero-order chi connectivity index (χ0) is 21.7. The van der Waals surface area contributed by atoms with E-state index < -0.39 is 0 Å².